The van der Waals surface area contributed by atoms with Crippen molar-refractivity contribution in [3.8, 4) is 17.2 Å². The zero-order chi connectivity index (χ0) is 18.5. The zero-order valence-electron chi connectivity index (χ0n) is 15.3. The molecule has 136 valence electrons. The molecule has 1 heterocycles. The van der Waals surface area contributed by atoms with Crippen LogP contribution < -0.4 is 14.2 Å². The van der Waals surface area contributed by atoms with Crippen molar-refractivity contribution in [2.24, 2.45) is 0 Å². The van der Waals surface area contributed by atoms with Crippen LogP contribution in [0, 0.1) is 0 Å². The molecule has 0 unspecified atom stereocenters. The van der Waals surface area contributed by atoms with Gasteiger partial charge in [0.05, 0.1) is 21.3 Å². The Morgan fingerprint density at radius 3 is 2.38 bits per heavy atom. The van der Waals surface area contributed by atoms with Crippen molar-refractivity contribution in [3.05, 3.63) is 59.2 Å². The first-order valence-electron chi connectivity index (χ1n) is 8.50. The molecule has 0 spiro atoms. The Kier molecular flexibility index (Phi) is 5.46. The molecular weight excluding hydrogens is 330 g/mol. The summed E-state index contributed by atoms with van der Waals surface area (Å²) in [5.41, 5.74) is 3.29. The fourth-order valence-electron chi connectivity index (χ4n) is 3.21. The molecule has 5 heteroatoms. The molecule has 0 saturated carbocycles. The summed E-state index contributed by atoms with van der Waals surface area (Å²) in [6.07, 6.45) is 4.22. The molecule has 1 amide bonds. The first kappa shape index (κ1) is 17.9. The molecule has 0 aliphatic carbocycles. The molecule has 3 rings (SSSR count). The monoisotopic (exact) mass is 353 g/mol. The molecule has 0 bridgehead atoms. The van der Waals surface area contributed by atoms with Gasteiger partial charge in [-0.05, 0) is 35.8 Å². The van der Waals surface area contributed by atoms with Gasteiger partial charge >= 0.3 is 0 Å². The third-order valence-electron chi connectivity index (χ3n) is 4.58. The topological polar surface area (TPSA) is 48.0 Å². The van der Waals surface area contributed by atoms with Gasteiger partial charge in [0, 0.05) is 24.7 Å². The van der Waals surface area contributed by atoms with E-state index in [1.807, 2.05) is 23.1 Å². The lowest BCUT2D eigenvalue weighted by Gasteiger charge is -2.27. The number of ether oxygens (including phenoxy) is 3. The van der Waals surface area contributed by atoms with E-state index in [0.717, 1.165) is 18.5 Å². The molecule has 26 heavy (non-hydrogen) atoms. The van der Waals surface area contributed by atoms with Crippen LogP contribution in [-0.2, 0) is 17.8 Å². The summed E-state index contributed by atoms with van der Waals surface area (Å²) in [6, 6.07) is 11.9. The van der Waals surface area contributed by atoms with Crippen LogP contribution in [0.15, 0.2) is 42.5 Å². The summed E-state index contributed by atoms with van der Waals surface area (Å²) in [4.78, 5) is 14.5. The van der Waals surface area contributed by atoms with Gasteiger partial charge in [0.1, 0.15) is 0 Å². The summed E-state index contributed by atoms with van der Waals surface area (Å²) >= 11 is 0. The second kappa shape index (κ2) is 7.95. The fourth-order valence-corrected chi connectivity index (χ4v) is 3.21. The van der Waals surface area contributed by atoms with Gasteiger partial charge in [0.25, 0.3) is 0 Å². The Morgan fingerprint density at radius 2 is 1.69 bits per heavy atom. The molecule has 0 N–H and O–H groups in total. The number of hydrogen-bond acceptors (Lipinski definition) is 4. The number of nitrogens with zero attached hydrogens (tertiary/aromatic N) is 1. The van der Waals surface area contributed by atoms with E-state index >= 15 is 0 Å². The maximum absolute atomic E-state index is 12.6. The summed E-state index contributed by atoms with van der Waals surface area (Å²) in [6.45, 7) is 1.37. The van der Waals surface area contributed by atoms with Gasteiger partial charge < -0.3 is 19.1 Å². The number of benzene rings is 2. The molecule has 0 saturated heterocycles. The summed E-state index contributed by atoms with van der Waals surface area (Å²) in [5.74, 6) is 1.62. The van der Waals surface area contributed by atoms with Gasteiger partial charge in [0.15, 0.2) is 11.5 Å². The van der Waals surface area contributed by atoms with Crippen molar-refractivity contribution >= 4 is 12.0 Å². The average Bonchev–Trinajstić information content (AvgIpc) is 2.70. The average molecular weight is 353 g/mol. The van der Waals surface area contributed by atoms with Crippen LogP contribution >= 0.6 is 0 Å². The normalized spacial score (nSPS) is 13.4. The number of rotatable bonds is 5. The lowest BCUT2D eigenvalue weighted by Crippen LogP contribution is -2.34. The minimum Gasteiger partial charge on any atom is -0.493 e. The number of carbonyl (C=O) groups is 1. The van der Waals surface area contributed by atoms with Gasteiger partial charge in [-0.25, -0.2) is 0 Å². The summed E-state index contributed by atoms with van der Waals surface area (Å²) in [5, 5.41) is 0. The van der Waals surface area contributed by atoms with E-state index in [2.05, 4.69) is 12.1 Å². The highest BCUT2D eigenvalue weighted by molar-refractivity contribution is 5.92. The molecule has 0 aromatic heterocycles. The van der Waals surface area contributed by atoms with Gasteiger partial charge in [-0.15, -0.1) is 0 Å². The Morgan fingerprint density at radius 1 is 0.962 bits per heavy atom. The molecule has 0 radical (unpaired) electrons. The van der Waals surface area contributed by atoms with Crippen LogP contribution in [-0.4, -0.2) is 38.7 Å². The highest BCUT2D eigenvalue weighted by Crippen LogP contribution is 2.40. The first-order valence-corrected chi connectivity index (χ1v) is 8.50. The number of methoxy groups -OCH3 is 3. The Bertz CT molecular complexity index is 829. The molecular formula is C21H23NO4. The van der Waals surface area contributed by atoms with Gasteiger partial charge in [-0.1, -0.05) is 24.3 Å². The number of amides is 1. The van der Waals surface area contributed by atoms with E-state index < -0.39 is 0 Å². The Balaban J connectivity index is 1.79. The molecule has 1 aliphatic heterocycles. The third kappa shape index (κ3) is 3.52. The SMILES string of the molecule is COc1ccc(/C=C/C(=O)N2CCc3ccccc3C2)c(OC)c1OC. The summed E-state index contributed by atoms with van der Waals surface area (Å²) in [7, 11) is 4.70. The molecule has 5 nitrogen and oxygen atoms in total. The van der Waals surface area contributed by atoms with Crippen LogP contribution in [0.4, 0.5) is 0 Å². The van der Waals surface area contributed by atoms with Crippen LogP contribution in [0.5, 0.6) is 17.2 Å². The first-order chi connectivity index (χ1) is 12.7. The van der Waals surface area contributed by atoms with Gasteiger partial charge in [-0.2, -0.15) is 0 Å². The van der Waals surface area contributed by atoms with E-state index in [1.54, 1.807) is 39.5 Å². The van der Waals surface area contributed by atoms with Crippen molar-refractivity contribution < 1.29 is 19.0 Å². The predicted molar refractivity (Wildman–Crippen MR) is 101 cm³/mol. The van der Waals surface area contributed by atoms with Crippen molar-refractivity contribution in [1.29, 1.82) is 0 Å². The van der Waals surface area contributed by atoms with E-state index in [4.69, 9.17) is 14.2 Å². The lowest BCUT2D eigenvalue weighted by molar-refractivity contribution is -0.126. The molecule has 2 aromatic rings. The Labute approximate surface area is 153 Å². The van der Waals surface area contributed by atoms with Crippen LogP contribution in [0.1, 0.15) is 16.7 Å². The van der Waals surface area contributed by atoms with E-state index in [0.29, 0.717) is 23.8 Å². The lowest BCUT2D eigenvalue weighted by atomic mass is 10.00. The minimum absolute atomic E-state index is 0.0173. The van der Waals surface area contributed by atoms with Crippen LogP contribution in [0.25, 0.3) is 6.08 Å². The third-order valence-corrected chi connectivity index (χ3v) is 4.58. The van der Waals surface area contributed by atoms with Crippen molar-refractivity contribution in [2.45, 2.75) is 13.0 Å². The van der Waals surface area contributed by atoms with E-state index in [1.165, 1.54) is 11.1 Å². The quantitative estimate of drug-likeness (QED) is 0.774. The molecule has 0 fully saturated rings. The van der Waals surface area contributed by atoms with E-state index in [9.17, 15) is 4.79 Å². The highest BCUT2D eigenvalue weighted by atomic mass is 16.5. The predicted octanol–water partition coefficient (Wildman–Crippen LogP) is 3.31. The number of fused-ring (bicyclic) bond motifs is 1. The van der Waals surface area contributed by atoms with Gasteiger partial charge in [0.2, 0.25) is 11.7 Å². The van der Waals surface area contributed by atoms with Crippen molar-refractivity contribution in [2.75, 3.05) is 27.9 Å². The van der Waals surface area contributed by atoms with Crippen LogP contribution in [0.2, 0.25) is 0 Å². The van der Waals surface area contributed by atoms with E-state index in [-0.39, 0.29) is 5.91 Å². The maximum Gasteiger partial charge on any atom is 0.246 e. The smallest absolute Gasteiger partial charge is 0.246 e. The second-order valence-electron chi connectivity index (χ2n) is 6.04. The summed E-state index contributed by atoms with van der Waals surface area (Å²) < 4.78 is 16.1. The standard InChI is InChI=1S/C21H23NO4/c1-24-18-10-8-16(20(25-2)21(18)26-3)9-11-19(23)22-13-12-15-6-4-5-7-17(15)14-22/h4-11H,12-14H2,1-3H3/b11-9+. The Hall–Kier alpha value is -2.95. The maximum atomic E-state index is 12.6. The second-order valence-corrected chi connectivity index (χ2v) is 6.04. The number of hydrogen-bond donors (Lipinski definition) is 0. The largest absolute Gasteiger partial charge is 0.493 e. The fraction of sp³-hybridized carbons (Fsp3) is 0.286. The van der Waals surface area contributed by atoms with Crippen molar-refractivity contribution in [1.82, 2.24) is 4.90 Å². The molecule has 1 aliphatic rings. The van der Waals surface area contributed by atoms with Crippen molar-refractivity contribution in [3.63, 3.8) is 0 Å². The van der Waals surface area contributed by atoms with Gasteiger partial charge in [-0.3, -0.25) is 4.79 Å². The number of carbonyl (C=O) groups excluding carboxylic acids is 1. The highest BCUT2D eigenvalue weighted by Gasteiger charge is 2.19. The minimum atomic E-state index is -0.0173. The van der Waals surface area contributed by atoms with Crippen LogP contribution in [0.3, 0.4) is 0 Å². The molecule has 2 aromatic carbocycles. The molecule has 0 atom stereocenters. The zero-order valence-corrected chi connectivity index (χ0v) is 15.3.